The Labute approximate surface area is 229 Å². The fourth-order valence-electron chi connectivity index (χ4n) is 9.70. The molecular formula is C30H44F3N3O3. The lowest BCUT2D eigenvalue weighted by Crippen LogP contribution is -2.56. The van der Waals surface area contributed by atoms with Crippen LogP contribution in [0.2, 0.25) is 0 Å². The van der Waals surface area contributed by atoms with Crippen molar-refractivity contribution in [2.75, 3.05) is 31.0 Å². The standard InChI is InChI=1S/C30H44F3N3O3/c1-18-10-13-29(17-38-3)19(14-18)4-6-21-22-7-8-24(28(22,2)12-11-23(21)29)27(37)16-36(35)26-9-5-20(15-25(26)34)39-30(31,32)33/h5,9,15,18-19,21-24H,4,6-8,10-14,16-17,34-35H2,1-3H3. The second kappa shape index (κ2) is 10.4. The summed E-state index contributed by atoms with van der Waals surface area (Å²) in [5, 5.41) is 1.26. The summed E-state index contributed by atoms with van der Waals surface area (Å²) < 4.78 is 47.5. The third-order valence-corrected chi connectivity index (χ3v) is 11.3. The van der Waals surface area contributed by atoms with Crippen LogP contribution in [0, 0.1) is 46.3 Å². The lowest BCUT2D eigenvalue weighted by Gasteiger charge is -2.62. The van der Waals surface area contributed by atoms with Gasteiger partial charge in [-0.15, -0.1) is 13.2 Å². The maximum atomic E-state index is 13.7. The molecule has 0 radical (unpaired) electrons. The molecule has 0 bridgehead atoms. The van der Waals surface area contributed by atoms with E-state index in [1.54, 1.807) is 0 Å². The number of rotatable bonds is 7. The van der Waals surface area contributed by atoms with Crippen LogP contribution in [0.25, 0.3) is 0 Å². The number of methoxy groups -OCH3 is 1. The Morgan fingerprint density at radius 3 is 2.56 bits per heavy atom. The van der Waals surface area contributed by atoms with Crippen LogP contribution < -0.4 is 21.3 Å². The predicted molar refractivity (Wildman–Crippen MR) is 145 cm³/mol. The van der Waals surface area contributed by atoms with E-state index >= 15 is 0 Å². The molecule has 4 saturated carbocycles. The fraction of sp³-hybridized carbons (Fsp3) is 0.767. The number of carbonyl (C=O) groups is 1. The molecule has 8 atom stereocenters. The number of benzene rings is 1. The number of nitrogens with zero attached hydrogens (tertiary/aromatic N) is 1. The van der Waals surface area contributed by atoms with E-state index in [1.165, 1.54) is 43.2 Å². The number of halogens is 3. The number of carbonyl (C=O) groups excluding carboxylic acids is 1. The highest BCUT2D eigenvalue weighted by atomic mass is 19.4. The van der Waals surface area contributed by atoms with E-state index in [2.05, 4.69) is 18.6 Å². The van der Waals surface area contributed by atoms with Crippen molar-refractivity contribution in [3.8, 4) is 5.75 Å². The minimum Gasteiger partial charge on any atom is -0.406 e. The number of hydrogen-bond acceptors (Lipinski definition) is 6. The van der Waals surface area contributed by atoms with Crippen molar-refractivity contribution in [2.24, 2.45) is 52.2 Å². The summed E-state index contributed by atoms with van der Waals surface area (Å²) in [4.78, 5) is 13.7. The van der Waals surface area contributed by atoms with E-state index in [9.17, 15) is 18.0 Å². The van der Waals surface area contributed by atoms with E-state index in [0.29, 0.717) is 23.4 Å². The van der Waals surface area contributed by atoms with Crippen molar-refractivity contribution >= 4 is 17.2 Å². The van der Waals surface area contributed by atoms with Crippen LogP contribution >= 0.6 is 0 Å². The van der Waals surface area contributed by atoms with Gasteiger partial charge in [-0.2, -0.15) is 0 Å². The van der Waals surface area contributed by atoms with E-state index in [0.717, 1.165) is 56.3 Å². The Hall–Kier alpha value is -2.00. The Balaban J connectivity index is 1.29. The Bertz CT molecular complexity index is 1070. The normalized spacial score (nSPS) is 37.9. The molecule has 0 saturated heterocycles. The number of ketones is 1. The number of Topliss-reactive ketones (excluding diaryl/α,β-unsaturated/α-hetero) is 1. The Kier molecular flexibility index (Phi) is 7.63. The zero-order valence-corrected chi connectivity index (χ0v) is 23.4. The highest BCUT2D eigenvalue weighted by Gasteiger charge is 2.62. The molecule has 4 aliphatic rings. The smallest absolute Gasteiger partial charge is 0.406 e. The van der Waals surface area contributed by atoms with Gasteiger partial charge in [-0.1, -0.05) is 20.3 Å². The summed E-state index contributed by atoms with van der Waals surface area (Å²) in [5.74, 6) is 9.20. The van der Waals surface area contributed by atoms with Crippen LogP contribution in [0.4, 0.5) is 24.5 Å². The van der Waals surface area contributed by atoms with Gasteiger partial charge in [-0.3, -0.25) is 4.79 Å². The van der Waals surface area contributed by atoms with E-state index in [-0.39, 0.29) is 34.8 Å². The summed E-state index contributed by atoms with van der Waals surface area (Å²) in [6.45, 7) is 5.54. The molecule has 4 N–H and O–H groups in total. The first kappa shape index (κ1) is 28.5. The maximum absolute atomic E-state index is 13.7. The second-order valence-electron chi connectivity index (χ2n) is 13.2. The molecule has 1 aromatic carbocycles. The first-order chi connectivity index (χ1) is 18.4. The van der Waals surface area contributed by atoms with Crippen molar-refractivity contribution in [3.05, 3.63) is 18.2 Å². The van der Waals surface area contributed by atoms with Crippen LogP contribution in [-0.2, 0) is 9.53 Å². The molecule has 39 heavy (non-hydrogen) atoms. The third-order valence-electron chi connectivity index (χ3n) is 11.3. The third kappa shape index (κ3) is 5.14. The SMILES string of the molecule is COCC12CCC(C)CC1CCC1C3CCC(C(=O)CN(N)c4ccc(OC(F)(F)F)cc4N)C3(C)CCC12. The van der Waals surface area contributed by atoms with Gasteiger partial charge in [0.1, 0.15) is 5.75 Å². The topological polar surface area (TPSA) is 90.8 Å². The zero-order chi connectivity index (χ0) is 28.2. The molecule has 1 aromatic rings. The quantitative estimate of drug-likeness (QED) is 0.234. The number of fused-ring (bicyclic) bond motifs is 5. The number of ether oxygens (including phenoxy) is 2. The lowest BCUT2D eigenvalue weighted by molar-refractivity contribution is -0.274. The summed E-state index contributed by atoms with van der Waals surface area (Å²) in [6.07, 6.45) is 5.68. The highest BCUT2D eigenvalue weighted by molar-refractivity contribution is 5.87. The van der Waals surface area contributed by atoms with Gasteiger partial charge in [0, 0.05) is 19.1 Å². The number of anilines is 2. The van der Waals surface area contributed by atoms with Crippen LogP contribution in [0.5, 0.6) is 5.75 Å². The zero-order valence-electron chi connectivity index (χ0n) is 23.4. The second-order valence-corrected chi connectivity index (χ2v) is 13.2. The first-order valence-corrected chi connectivity index (χ1v) is 14.6. The minimum atomic E-state index is -4.81. The molecule has 4 aliphatic carbocycles. The predicted octanol–water partition coefficient (Wildman–Crippen LogP) is 6.34. The molecule has 4 fully saturated rings. The van der Waals surface area contributed by atoms with Crippen LogP contribution in [0.15, 0.2) is 18.2 Å². The average Bonchev–Trinajstić information content (AvgIpc) is 3.21. The molecule has 8 unspecified atom stereocenters. The number of nitrogens with two attached hydrogens (primary N) is 2. The van der Waals surface area contributed by atoms with Gasteiger partial charge in [-0.25, -0.2) is 5.84 Å². The van der Waals surface area contributed by atoms with Crippen molar-refractivity contribution in [2.45, 2.75) is 78.0 Å². The van der Waals surface area contributed by atoms with E-state index in [4.69, 9.17) is 16.3 Å². The Morgan fingerprint density at radius 1 is 1.10 bits per heavy atom. The van der Waals surface area contributed by atoms with Crippen LogP contribution in [0.3, 0.4) is 0 Å². The molecule has 218 valence electrons. The number of hydrazine groups is 1. The molecule has 9 heteroatoms. The van der Waals surface area contributed by atoms with Crippen LogP contribution in [-0.4, -0.2) is 32.4 Å². The van der Waals surface area contributed by atoms with Gasteiger partial charge in [0.05, 0.1) is 24.5 Å². The van der Waals surface area contributed by atoms with Gasteiger partial charge < -0.3 is 20.2 Å². The number of alkyl halides is 3. The van der Waals surface area contributed by atoms with E-state index < -0.39 is 12.1 Å². The molecule has 0 heterocycles. The van der Waals surface area contributed by atoms with Crippen molar-refractivity contribution in [1.82, 2.24) is 0 Å². The van der Waals surface area contributed by atoms with Gasteiger partial charge >= 0.3 is 6.36 Å². The minimum absolute atomic E-state index is 0.0294. The number of hydrogen-bond donors (Lipinski definition) is 2. The highest BCUT2D eigenvalue weighted by Crippen LogP contribution is 2.68. The van der Waals surface area contributed by atoms with Crippen molar-refractivity contribution < 1.29 is 27.4 Å². The molecular weight excluding hydrogens is 507 g/mol. The summed E-state index contributed by atoms with van der Waals surface area (Å²) in [7, 11) is 1.85. The fourth-order valence-corrected chi connectivity index (χ4v) is 9.70. The first-order valence-electron chi connectivity index (χ1n) is 14.6. The molecule has 6 nitrogen and oxygen atoms in total. The number of nitrogen functional groups attached to an aromatic ring is 1. The van der Waals surface area contributed by atoms with Gasteiger partial charge in [0.2, 0.25) is 0 Å². The summed E-state index contributed by atoms with van der Waals surface area (Å²) >= 11 is 0. The maximum Gasteiger partial charge on any atom is 0.573 e. The van der Waals surface area contributed by atoms with Gasteiger partial charge in [0.25, 0.3) is 0 Å². The molecule has 0 amide bonds. The largest absolute Gasteiger partial charge is 0.573 e. The molecule has 0 spiro atoms. The monoisotopic (exact) mass is 551 g/mol. The van der Waals surface area contributed by atoms with Crippen molar-refractivity contribution in [1.29, 1.82) is 0 Å². The lowest BCUT2D eigenvalue weighted by atomic mass is 9.44. The van der Waals surface area contributed by atoms with Gasteiger partial charge in [0.15, 0.2) is 5.78 Å². The summed E-state index contributed by atoms with van der Waals surface area (Å²) in [5.41, 5.74) is 6.55. The molecule has 5 rings (SSSR count). The van der Waals surface area contributed by atoms with Gasteiger partial charge in [-0.05, 0) is 104 Å². The Morgan fingerprint density at radius 2 is 1.87 bits per heavy atom. The summed E-state index contributed by atoms with van der Waals surface area (Å²) in [6, 6.07) is 3.61. The molecule has 0 aromatic heterocycles. The van der Waals surface area contributed by atoms with Crippen LogP contribution in [0.1, 0.15) is 71.6 Å². The van der Waals surface area contributed by atoms with E-state index in [1.807, 2.05) is 7.11 Å². The average molecular weight is 552 g/mol. The molecule has 0 aliphatic heterocycles. The van der Waals surface area contributed by atoms with Crippen molar-refractivity contribution in [3.63, 3.8) is 0 Å².